The maximum atomic E-state index is 14.7. The van der Waals surface area contributed by atoms with Gasteiger partial charge in [0.25, 0.3) is 0 Å². The van der Waals surface area contributed by atoms with E-state index in [1.807, 2.05) is 39.8 Å². The van der Waals surface area contributed by atoms with Gasteiger partial charge in [-0.15, -0.1) is 0 Å². The zero-order valence-electron chi connectivity index (χ0n) is 54.5. The van der Waals surface area contributed by atoms with Crippen LogP contribution in [0.5, 0.6) is 0 Å². The molecule has 478 valence electrons. The van der Waals surface area contributed by atoms with E-state index in [1.54, 1.807) is 46.4 Å². The molecule has 0 spiro atoms. The van der Waals surface area contributed by atoms with Crippen molar-refractivity contribution >= 4 is 35.1 Å². The van der Waals surface area contributed by atoms with Crippen LogP contribution >= 0.6 is 7.26 Å². The summed E-state index contributed by atoms with van der Waals surface area (Å²) in [7, 11) is 3.32. The van der Waals surface area contributed by atoms with Crippen LogP contribution in [0.1, 0.15) is 169 Å². The highest BCUT2D eigenvalue weighted by atomic mass is 31.2. The average Bonchev–Trinajstić information content (AvgIpc) is 1.36. The van der Waals surface area contributed by atoms with Crippen molar-refractivity contribution in [3.63, 3.8) is 0 Å². The highest BCUT2D eigenvalue weighted by Gasteiger charge is 2.53. The second kappa shape index (κ2) is 30.9. The maximum Gasteiger partial charge on any atom is 0.311 e. The largest absolute Gasteiger partial charge is 0.459 e. The Balaban J connectivity index is 1.18. The highest BCUT2D eigenvalue weighted by molar-refractivity contribution is 7.95. The summed E-state index contributed by atoms with van der Waals surface area (Å²) >= 11 is 0. The number of aliphatic hydroxyl groups is 5. The Labute approximate surface area is 511 Å². The zero-order chi connectivity index (χ0) is 62.8. The molecule has 3 fully saturated rings. The Morgan fingerprint density at radius 2 is 1.27 bits per heavy atom. The van der Waals surface area contributed by atoms with Crippen molar-refractivity contribution < 1.29 is 63.5 Å². The van der Waals surface area contributed by atoms with E-state index in [4.69, 9.17) is 28.4 Å². The number of cyclic esters (lactones) is 1. The van der Waals surface area contributed by atoms with Crippen LogP contribution in [0.25, 0.3) is 0 Å². The molecule has 3 aromatic rings. The summed E-state index contributed by atoms with van der Waals surface area (Å²) in [5.74, 6) is -3.28. The summed E-state index contributed by atoms with van der Waals surface area (Å²) in [6.45, 7) is 24.0. The summed E-state index contributed by atoms with van der Waals surface area (Å²) in [4.78, 5) is 33.0. The number of likely N-dealkylation sites (N-methyl/N-ethyl adjacent to an activating group) is 1. The lowest BCUT2D eigenvalue weighted by Gasteiger charge is -2.48. The number of aliphatic hydroxyl groups excluding tert-OH is 3. The van der Waals surface area contributed by atoms with E-state index in [0.717, 1.165) is 51.1 Å². The van der Waals surface area contributed by atoms with Crippen LogP contribution in [-0.2, 0) is 38.0 Å². The van der Waals surface area contributed by atoms with Gasteiger partial charge in [-0.2, -0.15) is 0 Å². The molecule has 1 amide bonds. The maximum absolute atomic E-state index is 14.7. The minimum absolute atomic E-state index is 0.0705. The SMILES string of the molecule is CC[C@H]1OC(=O)[C@H](C)[C@@H](O[C@H]2C[C@@](C)(OC)[C@@H](O)[C@H](C)O2)[C@H](C)[C@@H](O[C@@H]2O[C@H](C)C[C@H](N(C)C)[C@H]2O)[C@](C)(O)C[C@@H](C)CN(C(=O)CCCCCCCCCC[P+](c2cccc(C)c2)(c2cccc(C)c2)c2cccc(C)c2)[C@H](C)[C@@H](O)[C@]1(C)O. The van der Waals surface area contributed by atoms with Gasteiger partial charge >= 0.3 is 5.97 Å². The van der Waals surface area contributed by atoms with E-state index in [2.05, 4.69) is 93.6 Å². The zero-order valence-corrected chi connectivity index (χ0v) is 55.4. The second-order valence-electron chi connectivity index (χ2n) is 26.9. The minimum atomic E-state index is -2.01. The molecular formula is C69H110N2O13P+. The van der Waals surface area contributed by atoms with Crippen molar-refractivity contribution in [2.24, 2.45) is 17.8 Å². The third-order valence-corrected chi connectivity index (χ3v) is 23.7. The van der Waals surface area contributed by atoms with Gasteiger partial charge in [-0.25, -0.2) is 0 Å². The third-order valence-electron chi connectivity index (χ3n) is 19.2. The Kier molecular flexibility index (Phi) is 25.7. The van der Waals surface area contributed by atoms with Gasteiger partial charge in [0.2, 0.25) is 5.91 Å². The molecule has 18 atom stereocenters. The van der Waals surface area contributed by atoms with E-state index in [9.17, 15) is 35.1 Å². The number of carbonyl (C=O) groups is 2. The highest BCUT2D eigenvalue weighted by Crippen LogP contribution is 2.56. The first kappa shape index (κ1) is 70.7. The number of methoxy groups -OCH3 is 1. The first-order valence-corrected chi connectivity index (χ1v) is 33.9. The molecule has 0 saturated carbocycles. The molecule has 5 N–H and O–H groups in total. The molecule has 0 aliphatic carbocycles. The molecular weight excluding hydrogens is 1100 g/mol. The van der Waals surface area contributed by atoms with Gasteiger partial charge in [0.15, 0.2) is 12.6 Å². The molecule has 0 bridgehead atoms. The van der Waals surface area contributed by atoms with Crippen molar-refractivity contribution in [2.45, 2.75) is 264 Å². The number of aryl methyl sites for hydroxylation is 3. The molecule has 6 rings (SSSR count). The van der Waals surface area contributed by atoms with Crippen LogP contribution < -0.4 is 15.9 Å². The molecule has 0 unspecified atom stereocenters. The molecule has 3 saturated heterocycles. The van der Waals surface area contributed by atoms with Gasteiger partial charge in [-0.3, -0.25) is 9.59 Å². The van der Waals surface area contributed by atoms with Gasteiger partial charge < -0.3 is 63.8 Å². The molecule has 15 nitrogen and oxygen atoms in total. The Morgan fingerprint density at radius 1 is 0.741 bits per heavy atom. The van der Waals surface area contributed by atoms with Gasteiger partial charge in [-0.05, 0) is 181 Å². The van der Waals surface area contributed by atoms with Crippen molar-refractivity contribution in [1.29, 1.82) is 0 Å². The second-order valence-corrected chi connectivity index (χ2v) is 30.5. The Bertz CT molecular complexity index is 2470. The summed E-state index contributed by atoms with van der Waals surface area (Å²) in [5, 5.41) is 65.0. The van der Waals surface area contributed by atoms with Crippen molar-refractivity contribution in [3.05, 3.63) is 89.5 Å². The number of nitrogens with zero attached hydrogens (tertiary/aromatic N) is 2. The fourth-order valence-electron chi connectivity index (χ4n) is 14.1. The lowest BCUT2D eigenvalue weighted by molar-refractivity contribution is -0.318. The van der Waals surface area contributed by atoms with Crippen molar-refractivity contribution in [2.75, 3.05) is 33.9 Å². The van der Waals surface area contributed by atoms with E-state index >= 15 is 0 Å². The van der Waals surface area contributed by atoms with Gasteiger partial charge in [-0.1, -0.05) is 89.3 Å². The predicted molar refractivity (Wildman–Crippen MR) is 339 cm³/mol. The van der Waals surface area contributed by atoms with Gasteiger partial charge in [0.05, 0.1) is 53.7 Å². The molecule has 3 heterocycles. The van der Waals surface area contributed by atoms with Crippen molar-refractivity contribution in [3.8, 4) is 0 Å². The number of carbonyl (C=O) groups excluding carboxylic acids is 2. The predicted octanol–water partition coefficient (Wildman–Crippen LogP) is 9.23. The Morgan fingerprint density at radius 3 is 1.78 bits per heavy atom. The third kappa shape index (κ3) is 17.3. The van der Waals surface area contributed by atoms with Gasteiger partial charge in [0.1, 0.15) is 53.2 Å². The fraction of sp³-hybridized carbons (Fsp3) is 0.710. The summed E-state index contributed by atoms with van der Waals surface area (Å²) in [6, 6.07) is 26.2. The number of unbranched alkanes of at least 4 members (excludes halogenated alkanes) is 7. The summed E-state index contributed by atoms with van der Waals surface area (Å²) < 4.78 is 38.4. The number of benzene rings is 3. The molecule has 85 heavy (non-hydrogen) atoms. The van der Waals surface area contributed by atoms with Crippen LogP contribution in [0.2, 0.25) is 0 Å². The number of hydrogen-bond donors (Lipinski definition) is 5. The van der Waals surface area contributed by atoms with Crippen LogP contribution in [0.15, 0.2) is 72.8 Å². The molecule has 3 aliphatic heterocycles. The topological polar surface area (TPSA) is 197 Å². The normalized spacial score (nSPS) is 34.8. The standard InChI is InChI=1S/C69H110N2O13P/c1-17-57-69(13,78)62(74)51(9)71(58(72)35-24-22-20-18-19-21-23-25-36-85(53-32-26-29-44(2)37-53,54-33-27-30-45(3)38-54)55-34-28-31-46(4)39-55)43-47(5)41-67(11,77)64(84-66-60(73)56(70(14)15)40-48(6)80-66)49(7)61(50(8)65(76)82-57)83-59-42-68(12,79-16)63(75)52(10)81-59/h26-34,37-39,47-52,56-57,59-64,66,73-75,77-78H,17-25,35-36,40-43H2,1-16H3/q+1/t47-,48-,49+,50-,51-,52+,56+,57-,59+,60-,61+,62-,63+,64-,66+,67-,68-,69-/m1/s1. The van der Waals surface area contributed by atoms with Crippen LogP contribution in [-0.4, -0.2) is 171 Å². The average molecular weight is 1210 g/mol. The molecule has 3 aliphatic rings. The van der Waals surface area contributed by atoms with Gasteiger partial charge in [0, 0.05) is 38.5 Å². The number of ether oxygens (including phenoxy) is 6. The van der Waals surface area contributed by atoms with E-state index < -0.39 is 109 Å². The minimum Gasteiger partial charge on any atom is -0.459 e. The lowest BCUT2D eigenvalue weighted by Crippen LogP contribution is -2.60. The smallest absolute Gasteiger partial charge is 0.311 e. The molecule has 0 aromatic heterocycles. The summed E-state index contributed by atoms with van der Waals surface area (Å²) in [5.41, 5.74) is -0.976. The van der Waals surface area contributed by atoms with Crippen molar-refractivity contribution in [1.82, 2.24) is 9.80 Å². The monoisotopic (exact) mass is 1210 g/mol. The first-order chi connectivity index (χ1) is 40.0. The van der Waals surface area contributed by atoms with Crippen LogP contribution in [0.4, 0.5) is 0 Å². The Hall–Kier alpha value is -3.41. The molecule has 16 heteroatoms. The molecule has 3 aromatic carbocycles. The van der Waals surface area contributed by atoms with E-state index in [-0.39, 0.29) is 50.3 Å². The van der Waals surface area contributed by atoms with E-state index in [0.29, 0.717) is 12.8 Å². The molecule has 0 radical (unpaired) electrons. The number of rotatable bonds is 21. The van der Waals surface area contributed by atoms with E-state index in [1.165, 1.54) is 46.6 Å². The first-order valence-electron chi connectivity index (χ1n) is 31.9. The number of esters is 1. The number of hydrogen-bond acceptors (Lipinski definition) is 14. The van der Waals surface area contributed by atoms with Crippen LogP contribution in [0.3, 0.4) is 0 Å². The lowest BCUT2D eigenvalue weighted by atomic mass is 9.77. The van der Waals surface area contributed by atoms with Crippen LogP contribution in [0, 0.1) is 38.5 Å². The number of amides is 1. The quantitative estimate of drug-likeness (QED) is 0.0385. The summed E-state index contributed by atoms with van der Waals surface area (Å²) in [6.07, 6.45) is -0.198. The fourth-order valence-corrected chi connectivity index (χ4v) is 18.8.